The van der Waals surface area contributed by atoms with Crippen molar-refractivity contribution in [2.45, 2.75) is 26.7 Å². The third kappa shape index (κ3) is 2.00. The third-order valence-corrected chi connectivity index (χ3v) is 2.52. The summed E-state index contributed by atoms with van der Waals surface area (Å²) in [5, 5.41) is 9.75. The number of aromatic hydroxyl groups is 1. The average Bonchev–Trinajstić information content (AvgIpc) is 2.08. The van der Waals surface area contributed by atoms with E-state index in [1.807, 2.05) is 32.0 Å². The Bertz CT molecular complexity index is 329. The summed E-state index contributed by atoms with van der Waals surface area (Å²) >= 11 is 0. The Balaban J connectivity index is 3.28. The third-order valence-electron chi connectivity index (χ3n) is 2.52. The molecular formula is C12H19NO. The normalized spacial score (nSPS) is 10.7. The molecule has 1 N–H and O–H groups in total. The highest BCUT2D eigenvalue weighted by Gasteiger charge is 2.09. The zero-order chi connectivity index (χ0) is 10.9. The van der Waals surface area contributed by atoms with Gasteiger partial charge in [0.25, 0.3) is 0 Å². The van der Waals surface area contributed by atoms with Crippen molar-refractivity contribution in [3.63, 3.8) is 0 Å². The van der Waals surface area contributed by atoms with Gasteiger partial charge in [-0.3, -0.25) is 0 Å². The smallest absolute Gasteiger partial charge is 0.120 e. The predicted octanol–water partition coefficient (Wildman–Crippen LogP) is 2.89. The number of rotatable bonds is 2. The molecule has 0 atom stereocenters. The van der Waals surface area contributed by atoms with Gasteiger partial charge in [0.1, 0.15) is 5.75 Å². The van der Waals surface area contributed by atoms with Crippen LogP contribution in [0.5, 0.6) is 5.75 Å². The minimum atomic E-state index is 0.389. The summed E-state index contributed by atoms with van der Waals surface area (Å²) in [6, 6.07) is 3.99. The van der Waals surface area contributed by atoms with Crippen LogP contribution in [0.3, 0.4) is 0 Å². The summed E-state index contributed by atoms with van der Waals surface area (Å²) in [5.41, 5.74) is 3.21. The van der Waals surface area contributed by atoms with Crippen molar-refractivity contribution in [3.05, 3.63) is 23.3 Å². The van der Waals surface area contributed by atoms with E-state index >= 15 is 0 Å². The van der Waals surface area contributed by atoms with Crippen LogP contribution in [0.25, 0.3) is 0 Å². The zero-order valence-corrected chi connectivity index (χ0v) is 9.63. The lowest BCUT2D eigenvalue weighted by atomic mass is 9.99. The summed E-state index contributed by atoms with van der Waals surface area (Å²) in [6.07, 6.45) is 0. The fourth-order valence-corrected chi connectivity index (χ4v) is 1.50. The van der Waals surface area contributed by atoms with Gasteiger partial charge in [-0.05, 0) is 30.5 Å². The molecule has 0 fully saturated rings. The molecule has 1 aromatic carbocycles. The molecule has 0 aromatic heterocycles. The first kappa shape index (κ1) is 10.9. The maximum absolute atomic E-state index is 9.75. The largest absolute Gasteiger partial charge is 0.508 e. The second-order valence-corrected chi connectivity index (χ2v) is 4.23. The molecule has 2 nitrogen and oxygen atoms in total. The van der Waals surface area contributed by atoms with Gasteiger partial charge in [0.05, 0.1) is 0 Å². The van der Waals surface area contributed by atoms with Crippen LogP contribution in [-0.4, -0.2) is 19.2 Å². The first-order chi connectivity index (χ1) is 6.43. The Labute approximate surface area is 86.2 Å². The van der Waals surface area contributed by atoms with Crippen LogP contribution in [0, 0.1) is 6.92 Å². The molecule has 0 radical (unpaired) electrons. The minimum Gasteiger partial charge on any atom is -0.508 e. The van der Waals surface area contributed by atoms with E-state index in [9.17, 15) is 5.11 Å². The first-order valence-corrected chi connectivity index (χ1v) is 4.94. The molecule has 0 saturated heterocycles. The monoisotopic (exact) mass is 193 g/mol. The molecular weight excluding hydrogens is 174 g/mol. The molecule has 0 spiro atoms. The predicted molar refractivity (Wildman–Crippen MR) is 61.3 cm³/mol. The maximum atomic E-state index is 9.75. The highest BCUT2D eigenvalue weighted by Crippen LogP contribution is 2.31. The Hall–Kier alpha value is -1.18. The molecule has 0 amide bonds. The van der Waals surface area contributed by atoms with Crippen molar-refractivity contribution < 1.29 is 5.11 Å². The second kappa shape index (κ2) is 3.91. The SMILES string of the molecule is Cc1c(O)cc(C(C)C)cc1N(C)C. The van der Waals surface area contributed by atoms with Crippen molar-refractivity contribution in [1.82, 2.24) is 0 Å². The molecule has 0 saturated carbocycles. The van der Waals surface area contributed by atoms with Crippen LogP contribution in [0.2, 0.25) is 0 Å². The van der Waals surface area contributed by atoms with Crippen molar-refractivity contribution in [2.75, 3.05) is 19.0 Å². The van der Waals surface area contributed by atoms with E-state index in [0.29, 0.717) is 11.7 Å². The van der Waals surface area contributed by atoms with Crippen LogP contribution in [0.15, 0.2) is 12.1 Å². The molecule has 2 heteroatoms. The van der Waals surface area contributed by atoms with Crippen molar-refractivity contribution >= 4 is 5.69 Å². The van der Waals surface area contributed by atoms with E-state index in [4.69, 9.17) is 0 Å². The molecule has 0 aliphatic heterocycles. The highest BCUT2D eigenvalue weighted by atomic mass is 16.3. The molecule has 0 aliphatic rings. The van der Waals surface area contributed by atoms with Crippen LogP contribution in [0.1, 0.15) is 30.9 Å². The number of benzene rings is 1. The van der Waals surface area contributed by atoms with Gasteiger partial charge in [-0.15, -0.1) is 0 Å². The van der Waals surface area contributed by atoms with Gasteiger partial charge >= 0.3 is 0 Å². The molecule has 0 unspecified atom stereocenters. The van der Waals surface area contributed by atoms with Crippen LogP contribution in [0.4, 0.5) is 5.69 Å². The van der Waals surface area contributed by atoms with E-state index in [0.717, 1.165) is 11.3 Å². The number of hydrogen-bond acceptors (Lipinski definition) is 2. The topological polar surface area (TPSA) is 23.5 Å². The van der Waals surface area contributed by atoms with Crippen molar-refractivity contribution in [1.29, 1.82) is 0 Å². The highest BCUT2D eigenvalue weighted by molar-refractivity contribution is 5.60. The van der Waals surface area contributed by atoms with Gasteiger partial charge in [-0.25, -0.2) is 0 Å². The number of nitrogens with zero attached hydrogens (tertiary/aromatic N) is 1. The molecule has 14 heavy (non-hydrogen) atoms. The van der Waals surface area contributed by atoms with E-state index in [1.54, 1.807) is 0 Å². The first-order valence-electron chi connectivity index (χ1n) is 4.94. The Morgan fingerprint density at radius 1 is 1.21 bits per heavy atom. The number of anilines is 1. The lowest BCUT2D eigenvalue weighted by molar-refractivity contribution is 0.470. The number of hydrogen-bond donors (Lipinski definition) is 1. The Morgan fingerprint density at radius 3 is 2.21 bits per heavy atom. The summed E-state index contributed by atoms with van der Waals surface area (Å²) < 4.78 is 0. The van der Waals surface area contributed by atoms with Gasteiger partial charge in [0.15, 0.2) is 0 Å². The fourth-order valence-electron chi connectivity index (χ4n) is 1.50. The van der Waals surface area contributed by atoms with E-state index in [-0.39, 0.29) is 0 Å². The Kier molecular flexibility index (Phi) is 3.04. The van der Waals surface area contributed by atoms with E-state index < -0.39 is 0 Å². The molecule has 0 bridgehead atoms. The molecule has 78 valence electrons. The van der Waals surface area contributed by atoms with Gasteiger partial charge in [0.2, 0.25) is 0 Å². The number of phenols is 1. The van der Waals surface area contributed by atoms with Crippen LogP contribution >= 0.6 is 0 Å². The summed E-state index contributed by atoms with van der Waals surface area (Å²) in [6.45, 7) is 6.20. The van der Waals surface area contributed by atoms with Crippen molar-refractivity contribution in [3.8, 4) is 5.75 Å². The summed E-state index contributed by atoms with van der Waals surface area (Å²) in [5.74, 6) is 0.833. The molecule has 1 rings (SSSR count). The van der Waals surface area contributed by atoms with Gasteiger partial charge in [0, 0.05) is 25.3 Å². The zero-order valence-electron chi connectivity index (χ0n) is 9.63. The quantitative estimate of drug-likeness (QED) is 0.780. The summed E-state index contributed by atoms with van der Waals surface area (Å²) in [7, 11) is 3.98. The minimum absolute atomic E-state index is 0.389. The molecule has 1 aromatic rings. The van der Waals surface area contributed by atoms with Gasteiger partial charge < -0.3 is 10.0 Å². The number of phenolic OH excluding ortho intramolecular Hbond substituents is 1. The lowest BCUT2D eigenvalue weighted by Gasteiger charge is -2.19. The average molecular weight is 193 g/mol. The van der Waals surface area contributed by atoms with E-state index in [2.05, 4.69) is 19.9 Å². The van der Waals surface area contributed by atoms with Gasteiger partial charge in [-0.1, -0.05) is 13.8 Å². The fraction of sp³-hybridized carbons (Fsp3) is 0.500. The Morgan fingerprint density at radius 2 is 1.79 bits per heavy atom. The second-order valence-electron chi connectivity index (χ2n) is 4.23. The maximum Gasteiger partial charge on any atom is 0.120 e. The van der Waals surface area contributed by atoms with Crippen molar-refractivity contribution in [2.24, 2.45) is 0 Å². The van der Waals surface area contributed by atoms with Gasteiger partial charge in [-0.2, -0.15) is 0 Å². The molecule has 0 aliphatic carbocycles. The van der Waals surface area contributed by atoms with E-state index in [1.165, 1.54) is 5.56 Å². The lowest BCUT2D eigenvalue weighted by Crippen LogP contribution is -2.11. The summed E-state index contributed by atoms with van der Waals surface area (Å²) in [4.78, 5) is 2.03. The molecule has 0 heterocycles. The van der Waals surface area contributed by atoms with Crippen LogP contribution < -0.4 is 4.90 Å². The standard InChI is InChI=1S/C12H19NO/c1-8(2)10-6-11(13(4)5)9(3)12(14)7-10/h6-8,14H,1-5H3. The van der Waals surface area contributed by atoms with Crippen LogP contribution in [-0.2, 0) is 0 Å².